The third-order valence-corrected chi connectivity index (χ3v) is 4.12. The summed E-state index contributed by atoms with van der Waals surface area (Å²) in [6.07, 6.45) is 1.73. The number of aliphatic carboxylic acids is 1. The van der Waals surface area contributed by atoms with E-state index in [4.69, 9.17) is 5.11 Å². The number of likely N-dealkylation sites (tertiary alicyclic amines) is 1. The van der Waals surface area contributed by atoms with Crippen molar-refractivity contribution in [2.24, 2.45) is 0 Å². The van der Waals surface area contributed by atoms with Gasteiger partial charge in [0.1, 0.15) is 0 Å². The van der Waals surface area contributed by atoms with Crippen LogP contribution in [0.3, 0.4) is 0 Å². The van der Waals surface area contributed by atoms with E-state index >= 15 is 0 Å². The smallest absolute Gasteiger partial charge is 0.377 e. The Hall–Kier alpha value is -1.53. The molecule has 0 spiro atoms. The third-order valence-electron chi connectivity index (χ3n) is 4.12. The zero-order chi connectivity index (χ0) is 16.4. The normalized spacial score (nSPS) is 22.9. The molecular weight excluding hydrogens is 292 g/mol. The second kappa shape index (κ2) is 6.30. The summed E-state index contributed by atoms with van der Waals surface area (Å²) in [5.74, 6) is -6.41. The van der Waals surface area contributed by atoms with E-state index in [1.165, 1.54) is 5.56 Å². The minimum atomic E-state index is -4.13. The second-order valence-electron chi connectivity index (χ2n) is 5.94. The fraction of sp³-hybridized carbons (Fsp3) is 0.562. The number of carboxylic acids is 1. The fourth-order valence-electron chi connectivity index (χ4n) is 2.89. The molecule has 1 atom stereocenters. The van der Waals surface area contributed by atoms with Crippen molar-refractivity contribution in [2.75, 3.05) is 13.1 Å². The highest BCUT2D eigenvalue weighted by molar-refractivity contribution is 5.77. The minimum absolute atomic E-state index is 0.247. The molecule has 1 aliphatic heterocycles. The number of β-amino-alcohol motifs (C(OH)–C–C–N with tert-alkyl or cyclic N) is 1. The van der Waals surface area contributed by atoms with Gasteiger partial charge in [0.05, 0.1) is 0 Å². The third kappa shape index (κ3) is 3.28. The van der Waals surface area contributed by atoms with Crippen molar-refractivity contribution in [2.45, 2.75) is 44.3 Å². The summed E-state index contributed by atoms with van der Waals surface area (Å²) in [6.45, 7) is 2.42. The Morgan fingerprint density at radius 1 is 1.41 bits per heavy atom. The maximum absolute atomic E-state index is 13.6. The topological polar surface area (TPSA) is 60.8 Å². The van der Waals surface area contributed by atoms with E-state index < -0.39 is 17.5 Å². The van der Waals surface area contributed by atoms with E-state index in [2.05, 4.69) is 6.92 Å². The maximum Gasteiger partial charge on any atom is 0.377 e. The van der Waals surface area contributed by atoms with Gasteiger partial charge < -0.3 is 10.2 Å². The Balaban J connectivity index is 2.05. The van der Waals surface area contributed by atoms with Crippen LogP contribution in [0.25, 0.3) is 0 Å². The quantitative estimate of drug-likeness (QED) is 0.846. The van der Waals surface area contributed by atoms with Crippen molar-refractivity contribution in [1.82, 2.24) is 4.90 Å². The maximum atomic E-state index is 13.6. The molecule has 1 aliphatic rings. The van der Waals surface area contributed by atoms with E-state index in [0.717, 1.165) is 18.4 Å². The second-order valence-corrected chi connectivity index (χ2v) is 5.94. The number of halogens is 2. The first-order valence-electron chi connectivity index (χ1n) is 7.42. The van der Waals surface area contributed by atoms with Crippen LogP contribution < -0.4 is 0 Å². The predicted molar refractivity (Wildman–Crippen MR) is 77.9 cm³/mol. The average molecular weight is 313 g/mol. The van der Waals surface area contributed by atoms with Gasteiger partial charge in [-0.3, -0.25) is 4.90 Å². The van der Waals surface area contributed by atoms with Crippen LogP contribution in [-0.4, -0.2) is 45.7 Å². The molecule has 22 heavy (non-hydrogen) atoms. The van der Waals surface area contributed by atoms with Gasteiger partial charge in [-0.15, -0.1) is 0 Å². The molecule has 2 rings (SSSR count). The fourth-order valence-corrected chi connectivity index (χ4v) is 2.89. The van der Waals surface area contributed by atoms with Gasteiger partial charge in [-0.25, -0.2) is 4.79 Å². The Morgan fingerprint density at radius 2 is 2.09 bits per heavy atom. The van der Waals surface area contributed by atoms with Gasteiger partial charge in [-0.1, -0.05) is 37.6 Å². The number of hydrogen-bond donors (Lipinski definition) is 2. The van der Waals surface area contributed by atoms with E-state index in [9.17, 15) is 18.7 Å². The van der Waals surface area contributed by atoms with E-state index in [0.29, 0.717) is 6.54 Å². The highest BCUT2D eigenvalue weighted by Crippen LogP contribution is 2.37. The molecule has 0 bridgehead atoms. The molecule has 1 aromatic rings. The molecular formula is C16H21F2NO3. The lowest BCUT2D eigenvalue weighted by molar-refractivity contribution is -0.205. The van der Waals surface area contributed by atoms with Crippen LogP contribution >= 0.6 is 0 Å². The molecule has 2 N–H and O–H groups in total. The molecule has 1 heterocycles. The van der Waals surface area contributed by atoms with Gasteiger partial charge in [0.15, 0.2) is 5.60 Å². The Morgan fingerprint density at radius 3 is 2.73 bits per heavy atom. The molecule has 1 fully saturated rings. The molecule has 6 heteroatoms. The standard InChI is InChI=1S/C16H21F2NO3/c1-2-4-12-5-3-6-13(9-12)10-19-8-7-15(22,11-19)16(17,18)14(20)21/h3,5-6,9,22H,2,4,7-8,10-11H2,1H3,(H,20,21). The number of rotatable bonds is 6. The lowest BCUT2D eigenvalue weighted by Crippen LogP contribution is -2.54. The number of aryl methyl sites for hydroxylation is 1. The van der Waals surface area contributed by atoms with Gasteiger partial charge in [0, 0.05) is 19.6 Å². The number of carbonyl (C=O) groups is 1. The summed E-state index contributed by atoms with van der Waals surface area (Å²) in [5.41, 5.74) is -0.334. The first-order chi connectivity index (χ1) is 10.3. The molecule has 1 saturated heterocycles. The van der Waals surface area contributed by atoms with E-state index in [-0.39, 0.29) is 19.5 Å². The summed E-state index contributed by atoms with van der Waals surface area (Å²) in [5, 5.41) is 18.6. The van der Waals surface area contributed by atoms with Crippen molar-refractivity contribution in [3.63, 3.8) is 0 Å². The molecule has 0 saturated carbocycles. The van der Waals surface area contributed by atoms with Crippen LogP contribution in [0.15, 0.2) is 24.3 Å². The van der Waals surface area contributed by atoms with Crippen LogP contribution in [0.1, 0.15) is 30.9 Å². The molecule has 1 aromatic carbocycles. The Kier molecular flexibility index (Phi) is 4.82. The molecule has 1 unspecified atom stereocenters. The summed E-state index contributed by atoms with van der Waals surface area (Å²) >= 11 is 0. The predicted octanol–water partition coefficient (Wildman–Crippen LogP) is 2.30. The Labute approximate surface area is 128 Å². The molecule has 0 amide bonds. The zero-order valence-electron chi connectivity index (χ0n) is 12.6. The lowest BCUT2D eigenvalue weighted by atomic mass is 9.95. The number of hydrogen-bond acceptors (Lipinski definition) is 3. The number of benzene rings is 1. The molecule has 0 aromatic heterocycles. The number of alkyl halides is 2. The highest BCUT2D eigenvalue weighted by atomic mass is 19.3. The zero-order valence-corrected chi connectivity index (χ0v) is 12.6. The van der Waals surface area contributed by atoms with Gasteiger partial charge >= 0.3 is 11.9 Å². The molecule has 4 nitrogen and oxygen atoms in total. The minimum Gasteiger partial charge on any atom is -0.477 e. The van der Waals surface area contributed by atoms with Crippen LogP contribution in [0.5, 0.6) is 0 Å². The average Bonchev–Trinajstić information content (AvgIpc) is 2.82. The lowest BCUT2D eigenvalue weighted by Gasteiger charge is -2.29. The summed E-state index contributed by atoms with van der Waals surface area (Å²) < 4.78 is 27.3. The van der Waals surface area contributed by atoms with Gasteiger partial charge in [-0.05, 0) is 24.0 Å². The molecule has 0 aliphatic carbocycles. The van der Waals surface area contributed by atoms with E-state index in [1.807, 2.05) is 24.3 Å². The van der Waals surface area contributed by atoms with Gasteiger partial charge in [0.25, 0.3) is 0 Å². The number of aliphatic hydroxyl groups is 1. The van der Waals surface area contributed by atoms with Crippen molar-refractivity contribution >= 4 is 5.97 Å². The van der Waals surface area contributed by atoms with Crippen molar-refractivity contribution in [3.05, 3.63) is 35.4 Å². The van der Waals surface area contributed by atoms with E-state index in [1.54, 1.807) is 4.90 Å². The van der Waals surface area contributed by atoms with Crippen LogP contribution in [-0.2, 0) is 17.8 Å². The summed E-state index contributed by atoms with van der Waals surface area (Å²) in [7, 11) is 0. The first-order valence-corrected chi connectivity index (χ1v) is 7.42. The van der Waals surface area contributed by atoms with Crippen LogP contribution in [0.2, 0.25) is 0 Å². The molecule has 122 valence electrons. The number of nitrogens with zero attached hydrogens (tertiary/aromatic N) is 1. The summed E-state index contributed by atoms with van der Waals surface area (Å²) in [4.78, 5) is 12.3. The summed E-state index contributed by atoms with van der Waals surface area (Å²) in [6, 6.07) is 7.88. The van der Waals surface area contributed by atoms with Crippen molar-refractivity contribution < 1.29 is 23.8 Å². The van der Waals surface area contributed by atoms with Gasteiger partial charge in [0.2, 0.25) is 0 Å². The molecule has 0 radical (unpaired) electrons. The first kappa shape index (κ1) is 16.8. The van der Waals surface area contributed by atoms with Crippen LogP contribution in [0, 0.1) is 0 Å². The Bertz CT molecular complexity index is 550. The van der Waals surface area contributed by atoms with Crippen molar-refractivity contribution in [3.8, 4) is 0 Å². The van der Waals surface area contributed by atoms with Crippen LogP contribution in [0.4, 0.5) is 8.78 Å². The number of carboxylic acid groups (broad SMARTS) is 1. The van der Waals surface area contributed by atoms with Crippen molar-refractivity contribution in [1.29, 1.82) is 0 Å². The van der Waals surface area contributed by atoms with Gasteiger partial charge in [-0.2, -0.15) is 8.78 Å². The SMILES string of the molecule is CCCc1cccc(CN2CCC(O)(C(F)(F)C(=O)O)C2)c1. The monoisotopic (exact) mass is 313 g/mol. The highest BCUT2D eigenvalue weighted by Gasteiger charge is 2.61. The largest absolute Gasteiger partial charge is 0.477 e.